The molecule has 6 nitrogen and oxygen atoms in total. The Labute approximate surface area is 155 Å². The first-order valence-electron chi connectivity index (χ1n) is 7.36. The van der Waals surface area contributed by atoms with E-state index >= 15 is 0 Å². The van der Waals surface area contributed by atoms with Crippen LogP contribution in [0.1, 0.15) is 12.0 Å². The van der Waals surface area contributed by atoms with Gasteiger partial charge in [-0.05, 0) is 45.8 Å². The lowest BCUT2D eigenvalue weighted by molar-refractivity contribution is -0.118. The van der Waals surface area contributed by atoms with Crippen molar-refractivity contribution in [1.82, 2.24) is 14.8 Å². The third-order valence-corrected chi connectivity index (χ3v) is 5.04. The van der Waals surface area contributed by atoms with Crippen molar-refractivity contribution in [3.05, 3.63) is 52.4 Å². The third-order valence-electron chi connectivity index (χ3n) is 3.39. The topological polar surface area (TPSA) is 86.9 Å². The highest BCUT2D eigenvalue weighted by Gasteiger charge is 2.17. The standard InChI is InChI=1S/C16H14BrFN4O2S/c17-11-8-10(3-4-12(11)18)9-25-16-21-20-15(13-2-1-7-24-13)22(16)6-5-14(19)23/h1-4,7-8H,5-6,9H2,(H2,19,23). The number of nitrogens with zero attached hydrogens (tertiary/aromatic N) is 3. The number of hydrogen-bond acceptors (Lipinski definition) is 5. The first kappa shape index (κ1) is 17.7. The molecule has 0 aliphatic rings. The first-order chi connectivity index (χ1) is 12.0. The predicted octanol–water partition coefficient (Wildman–Crippen LogP) is 3.61. The highest BCUT2D eigenvalue weighted by atomic mass is 79.9. The minimum absolute atomic E-state index is 0.168. The molecule has 9 heteroatoms. The van der Waals surface area contributed by atoms with E-state index in [4.69, 9.17) is 10.2 Å². The lowest BCUT2D eigenvalue weighted by Crippen LogP contribution is -2.15. The van der Waals surface area contributed by atoms with Crippen molar-refractivity contribution in [2.75, 3.05) is 0 Å². The molecule has 0 saturated carbocycles. The van der Waals surface area contributed by atoms with Crippen molar-refractivity contribution in [2.45, 2.75) is 23.9 Å². The second-order valence-electron chi connectivity index (χ2n) is 5.19. The van der Waals surface area contributed by atoms with Gasteiger partial charge in [-0.2, -0.15) is 0 Å². The van der Waals surface area contributed by atoms with Crippen molar-refractivity contribution < 1.29 is 13.6 Å². The van der Waals surface area contributed by atoms with Gasteiger partial charge < -0.3 is 10.2 Å². The summed E-state index contributed by atoms with van der Waals surface area (Å²) in [7, 11) is 0. The van der Waals surface area contributed by atoms with Gasteiger partial charge in [-0.25, -0.2) is 4.39 Å². The van der Waals surface area contributed by atoms with E-state index in [1.807, 2.05) is 0 Å². The number of furan rings is 1. The fourth-order valence-corrected chi connectivity index (χ4v) is 3.52. The molecule has 0 aliphatic heterocycles. The number of nitrogens with two attached hydrogens (primary N) is 1. The van der Waals surface area contributed by atoms with E-state index in [0.29, 0.717) is 33.5 Å². The van der Waals surface area contributed by atoms with Crippen molar-refractivity contribution in [3.63, 3.8) is 0 Å². The number of carbonyl (C=O) groups excluding carboxylic acids is 1. The molecular weight excluding hydrogens is 411 g/mol. The number of carbonyl (C=O) groups is 1. The van der Waals surface area contributed by atoms with Gasteiger partial charge in [0.05, 0.1) is 10.7 Å². The molecule has 1 aromatic carbocycles. The Hall–Kier alpha value is -2.13. The van der Waals surface area contributed by atoms with Crippen molar-refractivity contribution in [1.29, 1.82) is 0 Å². The molecule has 2 N–H and O–H groups in total. The van der Waals surface area contributed by atoms with Crippen molar-refractivity contribution in [2.24, 2.45) is 5.73 Å². The molecule has 3 rings (SSSR count). The van der Waals surface area contributed by atoms with Crippen LogP contribution in [0.15, 0.2) is 50.6 Å². The quantitative estimate of drug-likeness (QED) is 0.585. The third kappa shape index (κ3) is 4.29. The number of primary amides is 1. The van der Waals surface area contributed by atoms with E-state index in [2.05, 4.69) is 26.1 Å². The molecule has 2 heterocycles. The second-order valence-corrected chi connectivity index (χ2v) is 6.99. The maximum absolute atomic E-state index is 13.3. The summed E-state index contributed by atoms with van der Waals surface area (Å²) in [4.78, 5) is 11.1. The van der Waals surface area contributed by atoms with Crippen LogP contribution in [-0.4, -0.2) is 20.7 Å². The van der Waals surface area contributed by atoms with Crippen LogP contribution in [0, 0.1) is 5.82 Å². The van der Waals surface area contributed by atoms with Gasteiger partial charge in [0.2, 0.25) is 5.91 Å². The monoisotopic (exact) mass is 424 g/mol. The van der Waals surface area contributed by atoms with Gasteiger partial charge in [0, 0.05) is 18.7 Å². The zero-order chi connectivity index (χ0) is 17.8. The highest BCUT2D eigenvalue weighted by molar-refractivity contribution is 9.10. The van der Waals surface area contributed by atoms with Crippen molar-refractivity contribution in [3.8, 4) is 11.6 Å². The molecule has 130 valence electrons. The largest absolute Gasteiger partial charge is 0.461 e. The van der Waals surface area contributed by atoms with Crippen LogP contribution in [0.2, 0.25) is 0 Å². The second kappa shape index (κ2) is 7.83. The SMILES string of the molecule is NC(=O)CCn1c(SCc2ccc(F)c(Br)c2)nnc1-c1ccco1. The maximum Gasteiger partial charge on any atom is 0.219 e. The lowest BCUT2D eigenvalue weighted by Gasteiger charge is -2.08. The average molecular weight is 425 g/mol. The van der Waals surface area contributed by atoms with Crippen LogP contribution in [0.25, 0.3) is 11.6 Å². The first-order valence-corrected chi connectivity index (χ1v) is 9.14. The molecule has 25 heavy (non-hydrogen) atoms. The maximum atomic E-state index is 13.3. The summed E-state index contributed by atoms with van der Waals surface area (Å²) in [6, 6.07) is 8.37. The Morgan fingerprint density at radius 3 is 2.88 bits per heavy atom. The highest BCUT2D eigenvalue weighted by Crippen LogP contribution is 2.28. The Bertz CT molecular complexity index is 882. The zero-order valence-electron chi connectivity index (χ0n) is 13.0. The molecule has 0 saturated heterocycles. The molecular formula is C16H14BrFN4O2S. The zero-order valence-corrected chi connectivity index (χ0v) is 15.4. The summed E-state index contributed by atoms with van der Waals surface area (Å²) in [5.74, 6) is 0.963. The Kier molecular flexibility index (Phi) is 5.54. The van der Waals surface area contributed by atoms with E-state index in [1.165, 1.54) is 17.8 Å². The Balaban J connectivity index is 1.82. The molecule has 0 radical (unpaired) electrons. The van der Waals surface area contributed by atoms with Crippen LogP contribution >= 0.6 is 27.7 Å². The Morgan fingerprint density at radius 2 is 2.20 bits per heavy atom. The van der Waals surface area contributed by atoms with Crippen LogP contribution in [0.3, 0.4) is 0 Å². The van der Waals surface area contributed by atoms with Gasteiger partial charge in [0.1, 0.15) is 5.82 Å². The lowest BCUT2D eigenvalue weighted by atomic mass is 10.2. The number of thioether (sulfide) groups is 1. The number of rotatable bonds is 7. The minimum atomic E-state index is -0.405. The smallest absolute Gasteiger partial charge is 0.219 e. The number of halogens is 2. The molecule has 1 amide bonds. The average Bonchev–Trinajstić information content (AvgIpc) is 3.23. The van der Waals surface area contributed by atoms with Crippen LogP contribution < -0.4 is 5.73 Å². The van der Waals surface area contributed by atoms with Crippen LogP contribution in [0.5, 0.6) is 0 Å². The fraction of sp³-hybridized carbons (Fsp3) is 0.188. The number of amides is 1. The molecule has 0 fully saturated rings. The minimum Gasteiger partial charge on any atom is -0.461 e. The van der Waals surface area contributed by atoms with E-state index < -0.39 is 5.91 Å². The summed E-state index contributed by atoms with van der Waals surface area (Å²) in [6.07, 6.45) is 1.71. The van der Waals surface area contributed by atoms with Gasteiger partial charge in [-0.15, -0.1) is 10.2 Å². The molecule has 0 spiro atoms. The molecule has 0 aliphatic carbocycles. The van der Waals surface area contributed by atoms with Crippen molar-refractivity contribution >= 4 is 33.6 Å². The summed E-state index contributed by atoms with van der Waals surface area (Å²) >= 11 is 4.61. The molecule has 0 unspecified atom stereocenters. The van der Waals surface area contributed by atoms with Gasteiger partial charge in [-0.3, -0.25) is 9.36 Å². The summed E-state index contributed by atoms with van der Waals surface area (Å²) < 4.78 is 20.9. The molecule has 0 bridgehead atoms. The number of hydrogen-bond donors (Lipinski definition) is 1. The van der Waals surface area contributed by atoms with E-state index in [1.54, 1.807) is 35.1 Å². The Morgan fingerprint density at radius 1 is 1.36 bits per heavy atom. The predicted molar refractivity (Wildman–Crippen MR) is 95.2 cm³/mol. The van der Waals surface area contributed by atoms with Gasteiger partial charge in [0.25, 0.3) is 0 Å². The number of benzene rings is 1. The van der Waals surface area contributed by atoms with Gasteiger partial charge in [-0.1, -0.05) is 17.8 Å². The normalized spacial score (nSPS) is 11.0. The fourth-order valence-electron chi connectivity index (χ4n) is 2.18. The number of aromatic nitrogens is 3. The molecule has 2 aromatic heterocycles. The van der Waals surface area contributed by atoms with Gasteiger partial charge in [0.15, 0.2) is 16.7 Å². The molecule has 3 aromatic rings. The summed E-state index contributed by atoms with van der Waals surface area (Å²) in [5, 5.41) is 8.97. The van der Waals surface area contributed by atoms with E-state index in [-0.39, 0.29) is 12.2 Å². The van der Waals surface area contributed by atoms with Crippen LogP contribution in [0.4, 0.5) is 4.39 Å². The summed E-state index contributed by atoms with van der Waals surface area (Å²) in [5.41, 5.74) is 6.19. The molecule has 0 atom stereocenters. The summed E-state index contributed by atoms with van der Waals surface area (Å²) in [6.45, 7) is 0.355. The van der Waals surface area contributed by atoms with E-state index in [9.17, 15) is 9.18 Å². The van der Waals surface area contributed by atoms with Crippen LogP contribution in [-0.2, 0) is 17.1 Å². The van der Waals surface area contributed by atoms with Gasteiger partial charge >= 0.3 is 0 Å². The van der Waals surface area contributed by atoms with E-state index in [0.717, 1.165) is 5.56 Å².